The largest absolute Gasteiger partial charge is 0.240 e. The molecule has 0 aliphatic heterocycles. The molecular weight excluding hydrogens is 302 g/mol. The van der Waals surface area contributed by atoms with Crippen molar-refractivity contribution in [1.82, 2.24) is 9.78 Å². The highest BCUT2D eigenvalue weighted by Crippen LogP contribution is 2.26. The minimum Gasteiger partial charge on any atom is -0.240 e. The van der Waals surface area contributed by atoms with Crippen molar-refractivity contribution in [3.05, 3.63) is 58.7 Å². The van der Waals surface area contributed by atoms with Crippen LogP contribution in [0.1, 0.15) is 0 Å². The van der Waals surface area contributed by atoms with E-state index in [0.29, 0.717) is 11.1 Å². The molecule has 3 rings (SSSR count). The number of hydrogen-bond acceptors (Lipinski definition) is 1. The molecule has 1 aromatic heterocycles. The van der Waals surface area contributed by atoms with E-state index in [1.165, 1.54) is 22.9 Å². The molecule has 0 aliphatic rings. The highest BCUT2D eigenvalue weighted by Gasteiger charge is 2.10. The Morgan fingerprint density at radius 3 is 2.39 bits per heavy atom. The van der Waals surface area contributed by atoms with Crippen molar-refractivity contribution in [2.45, 2.75) is 0 Å². The second-order valence-corrected chi connectivity index (χ2v) is 4.70. The third-order valence-corrected chi connectivity index (χ3v) is 3.36. The fraction of sp³-hybridized carbons (Fsp3) is 0. The zero-order valence-corrected chi connectivity index (χ0v) is 10.7. The van der Waals surface area contributed by atoms with Gasteiger partial charge >= 0.3 is 0 Å². The molecule has 0 saturated carbocycles. The van der Waals surface area contributed by atoms with Crippen molar-refractivity contribution in [1.29, 1.82) is 0 Å². The van der Waals surface area contributed by atoms with Gasteiger partial charge in [-0.1, -0.05) is 15.9 Å². The molecule has 0 N–H and O–H groups in total. The molecule has 0 fully saturated rings. The van der Waals surface area contributed by atoms with E-state index >= 15 is 0 Å². The summed E-state index contributed by atoms with van der Waals surface area (Å²) in [5, 5.41) is 4.84. The number of halogens is 3. The SMILES string of the molecule is Fc1ccc(-n2cc3c(Br)ccc(F)c3n2)cc1. The molecule has 0 saturated heterocycles. The summed E-state index contributed by atoms with van der Waals surface area (Å²) in [6.45, 7) is 0. The fourth-order valence-electron chi connectivity index (χ4n) is 1.77. The molecule has 2 aromatic carbocycles. The van der Waals surface area contributed by atoms with Crippen LogP contribution in [0, 0.1) is 11.6 Å². The lowest BCUT2D eigenvalue weighted by Gasteiger charge is -1.99. The lowest BCUT2D eigenvalue weighted by atomic mass is 10.2. The zero-order chi connectivity index (χ0) is 12.7. The van der Waals surface area contributed by atoms with Gasteiger partial charge in [-0.3, -0.25) is 0 Å². The first-order valence-electron chi connectivity index (χ1n) is 5.24. The molecule has 0 spiro atoms. The Hall–Kier alpha value is -1.75. The van der Waals surface area contributed by atoms with Gasteiger partial charge in [0.05, 0.1) is 5.69 Å². The predicted molar refractivity (Wildman–Crippen MR) is 68.7 cm³/mol. The summed E-state index contributed by atoms with van der Waals surface area (Å²) in [5.74, 6) is -0.697. The number of rotatable bonds is 1. The Morgan fingerprint density at radius 1 is 1.00 bits per heavy atom. The van der Waals surface area contributed by atoms with Gasteiger partial charge < -0.3 is 0 Å². The van der Waals surface area contributed by atoms with Crippen LogP contribution < -0.4 is 0 Å². The van der Waals surface area contributed by atoms with Gasteiger partial charge in [0.25, 0.3) is 0 Å². The predicted octanol–water partition coefficient (Wildman–Crippen LogP) is 4.07. The molecule has 1 heterocycles. The van der Waals surface area contributed by atoms with Crippen LogP contribution in [-0.4, -0.2) is 9.78 Å². The van der Waals surface area contributed by atoms with E-state index in [9.17, 15) is 8.78 Å². The minimum absolute atomic E-state index is 0.286. The molecule has 0 unspecified atom stereocenters. The molecule has 0 atom stereocenters. The van der Waals surface area contributed by atoms with Crippen LogP contribution >= 0.6 is 15.9 Å². The van der Waals surface area contributed by atoms with E-state index in [2.05, 4.69) is 21.0 Å². The van der Waals surface area contributed by atoms with Crippen LogP contribution in [0.25, 0.3) is 16.6 Å². The van der Waals surface area contributed by atoms with E-state index < -0.39 is 0 Å². The summed E-state index contributed by atoms with van der Waals surface area (Å²) >= 11 is 3.35. The lowest BCUT2D eigenvalue weighted by Crippen LogP contribution is -1.94. The van der Waals surface area contributed by atoms with Gasteiger partial charge in [-0.05, 0) is 36.4 Å². The van der Waals surface area contributed by atoms with Gasteiger partial charge in [-0.15, -0.1) is 0 Å². The molecule has 0 amide bonds. The average molecular weight is 309 g/mol. The Balaban J connectivity index is 2.22. The molecule has 0 aliphatic carbocycles. The quantitative estimate of drug-likeness (QED) is 0.662. The lowest BCUT2D eigenvalue weighted by molar-refractivity contribution is 0.626. The van der Waals surface area contributed by atoms with E-state index in [-0.39, 0.29) is 17.2 Å². The van der Waals surface area contributed by atoms with Crippen LogP contribution in [0.15, 0.2) is 47.1 Å². The molecule has 0 radical (unpaired) electrons. The monoisotopic (exact) mass is 308 g/mol. The number of nitrogens with zero attached hydrogens (tertiary/aromatic N) is 2. The second-order valence-electron chi connectivity index (χ2n) is 3.84. The fourth-order valence-corrected chi connectivity index (χ4v) is 2.19. The van der Waals surface area contributed by atoms with E-state index in [4.69, 9.17) is 0 Å². The first-order valence-corrected chi connectivity index (χ1v) is 6.04. The molecule has 3 aromatic rings. The number of benzene rings is 2. The van der Waals surface area contributed by atoms with Gasteiger partial charge in [-0.2, -0.15) is 5.10 Å². The first kappa shape index (κ1) is 11.3. The third-order valence-electron chi connectivity index (χ3n) is 2.66. The van der Waals surface area contributed by atoms with Crippen molar-refractivity contribution in [3.8, 4) is 5.69 Å². The summed E-state index contributed by atoms with van der Waals surface area (Å²) in [6, 6.07) is 8.85. The average Bonchev–Trinajstić information content (AvgIpc) is 2.81. The molecule has 90 valence electrons. The molecule has 0 bridgehead atoms. The maximum Gasteiger partial charge on any atom is 0.151 e. The smallest absolute Gasteiger partial charge is 0.151 e. The standard InChI is InChI=1S/C13H7BrF2N2/c14-11-5-6-12(16)13-10(11)7-18(17-13)9-3-1-8(15)2-4-9/h1-7H. The normalized spacial score (nSPS) is 11.1. The zero-order valence-electron chi connectivity index (χ0n) is 9.07. The number of fused-ring (bicyclic) bond motifs is 1. The Labute approximate surface area is 110 Å². The highest BCUT2D eigenvalue weighted by molar-refractivity contribution is 9.10. The summed E-state index contributed by atoms with van der Waals surface area (Å²) in [7, 11) is 0. The molecule has 5 heteroatoms. The van der Waals surface area contributed by atoms with Crippen molar-refractivity contribution in [2.75, 3.05) is 0 Å². The highest BCUT2D eigenvalue weighted by atomic mass is 79.9. The van der Waals surface area contributed by atoms with Crippen LogP contribution in [0.3, 0.4) is 0 Å². The van der Waals surface area contributed by atoms with Gasteiger partial charge in [0.2, 0.25) is 0 Å². The summed E-state index contributed by atoms with van der Waals surface area (Å²) in [5.41, 5.74) is 0.965. The van der Waals surface area contributed by atoms with Crippen LogP contribution in [-0.2, 0) is 0 Å². The molecule has 2 nitrogen and oxygen atoms in total. The van der Waals surface area contributed by atoms with Gasteiger partial charge in [0, 0.05) is 16.1 Å². The topological polar surface area (TPSA) is 17.8 Å². The molecular formula is C13H7BrF2N2. The van der Waals surface area contributed by atoms with Crippen molar-refractivity contribution in [3.63, 3.8) is 0 Å². The summed E-state index contributed by atoms with van der Waals surface area (Å²) in [4.78, 5) is 0. The summed E-state index contributed by atoms with van der Waals surface area (Å²) < 4.78 is 28.7. The summed E-state index contributed by atoms with van der Waals surface area (Å²) in [6.07, 6.45) is 1.70. The Kier molecular flexibility index (Phi) is 2.63. The van der Waals surface area contributed by atoms with Gasteiger partial charge in [0.1, 0.15) is 11.3 Å². The van der Waals surface area contributed by atoms with E-state index in [1.54, 1.807) is 24.4 Å². The van der Waals surface area contributed by atoms with Crippen molar-refractivity contribution >= 4 is 26.8 Å². The maximum atomic E-state index is 13.6. The van der Waals surface area contributed by atoms with E-state index in [0.717, 1.165) is 4.47 Å². The maximum absolute atomic E-state index is 13.6. The Bertz CT molecular complexity index is 681. The van der Waals surface area contributed by atoms with Crippen LogP contribution in [0.4, 0.5) is 8.78 Å². The van der Waals surface area contributed by atoms with Crippen LogP contribution in [0.2, 0.25) is 0 Å². The molecule has 18 heavy (non-hydrogen) atoms. The van der Waals surface area contributed by atoms with Crippen molar-refractivity contribution < 1.29 is 8.78 Å². The minimum atomic E-state index is -0.380. The third kappa shape index (κ3) is 1.80. The van der Waals surface area contributed by atoms with Gasteiger partial charge in [0.15, 0.2) is 5.82 Å². The number of hydrogen-bond donors (Lipinski definition) is 0. The van der Waals surface area contributed by atoms with Gasteiger partial charge in [-0.25, -0.2) is 13.5 Å². The van der Waals surface area contributed by atoms with E-state index in [1.807, 2.05) is 0 Å². The number of aromatic nitrogens is 2. The first-order chi connectivity index (χ1) is 8.65. The second kappa shape index (κ2) is 4.17. The van der Waals surface area contributed by atoms with Crippen LogP contribution in [0.5, 0.6) is 0 Å². The Morgan fingerprint density at radius 2 is 1.72 bits per heavy atom. The van der Waals surface area contributed by atoms with Crippen molar-refractivity contribution in [2.24, 2.45) is 0 Å².